The molecule has 0 radical (unpaired) electrons. The standard InChI is InChI=1S/C17H14Cl2N2O3S2/c18-11-3-6-13(7-4-11)26(23,24)9-1-2-16(22)21-17-20-14-8-5-12(19)10-15(14)25-17/h3-8,10H,1-2,9H2,(H,20,21,22). The molecule has 1 heterocycles. The highest BCUT2D eigenvalue weighted by Gasteiger charge is 2.15. The van der Waals surface area contributed by atoms with Crippen LogP contribution in [-0.2, 0) is 14.6 Å². The van der Waals surface area contributed by atoms with E-state index in [0.717, 1.165) is 10.2 Å². The summed E-state index contributed by atoms with van der Waals surface area (Å²) in [6.45, 7) is 0. The van der Waals surface area contributed by atoms with Gasteiger partial charge >= 0.3 is 0 Å². The summed E-state index contributed by atoms with van der Waals surface area (Å²) in [5.74, 6) is -0.390. The lowest BCUT2D eigenvalue weighted by molar-refractivity contribution is -0.116. The van der Waals surface area contributed by atoms with Crippen molar-refractivity contribution >= 4 is 65.6 Å². The second kappa shape index (κ2) is 7.92. The molecule has 0 aliphatic heterocycles. The predicted molar refractivity (Wildman–Crippen MR) is 106 cm³/mol. The van der Waals surface area contributed by atoms with Gasteiger partial charge in [-0.15, -0.1) is 0 Å². The number of rotatable bonds is 6. The van der Waals surface area contributed by atoms with Gasteiger partial charge in [-0.1, -0.05) is 34.5 Å². The number of aromatic nitrogens is 1. The number of amides is 1. The van der Waals surface area contributed by atoms with Gasteiger partial charge in [-0.05, 0) is 48.9 Å². The fourth-order valence-corrected chi connectivity index (χ4v) is 4.91. The third-order valence-corrected chi connectivity index (χ3v) is 6.82. The molecule has 0 unspecified atom stereocenters. The SMILES string of the molecule is O=C(CCCS(=O)(=O)c1ccc(Cl)cc1)Nc1nc2ccc(Cl)cc2s1. The average Bonchev–Trinajstić information content (AvgIpc) is 2.96. The number of sulfone groups is 1. The highest BCUT2D eigenvalue weighted by Crippen LogP contribution is 2.28. The lowest BCUT2D eigenvalue weighted by Gasteiger charge is -2.05. The highest BCUT2D eigenvalue weighted by molar-refractivity contribution is 7.91. The molecule has 3 rings (SSSR count). The van der Waals surface area contributed by atoms with Crippen LogP contribution in [0.5, 0.6) is 0 Å². The zero-order valence-corrected chi connectivity index (χ0v) is 16.6. The van der Waals surface area contributed by atoms with E-state index in [4.69, 9.17) is 23.2 Å². The van der Waals surface area contributed by atoms with Gasteiger partial charge in [0, 0.05) is 16.5 Å². The van der Waals surface area contributed by atoms with Gasteiger partial charge in [0.15, 0.2) is 15.0 Å². The van der Waals surface area contributed by atoms with E-state index in [9.17, 15) is 13.2 Å². The van der Waals surface area contributed by atoms with Gasteiger partial charge in [-0.3, -0.25) is 4.79 Å². The molecule has 0 aliphatic carbocycles. The molecular formula is C17H14Cl2N2O3S2. The van der Waals surface area contributed by atoms with Gasteiger partial charge in [0.05, 0.1) is 20.9 Å². The summed E-state index contributed by atoms with van der Waals surface area (Å²) < 4.78 is 25.3. The van der Waals surface area contributed by atoms with Crippen LogP contribution in [0.3, 0.4) is 0 Å². The average molecular weight is 429 g/mol. The minimum absolute atomic E-state index is 0.0868. The molecule has 1 amide bonds. The predicted octanol–water partition coefficient (Wildman–Crippen LogP) is 4.80. The first-order valence-corrected chi connectivity index (χ1v) is 10.9. The van der Waals surface area contributed by atoms with E-state index in [1.54, 1.807) is 18.2 Å². The Bertz CT molecular complexity index is 1050. The van der Waals surface area contributed by atoms with E-state index in [1.807, 2.05) is 0 Å². The zero-order chi connectivity index (χ0) is 18.7. The molecule has 136 valence electrons. The molecule has 1 N–H and O–H groups in total. The summed E-state index contributed by atoms with van der Waals surface area (Å²) >= 11 is 13.0. The van der Waals surface area contributed by atoms with Crippen molar-refractivity contribution in [2.75, 3.05) is 11.1 Å². The smallest absolute Gasteiger partial charge is 0.226 e. The number of carbonyl (C=O) groups is 1. The van der Waals surface area contributed by atoms with Gasteiger partial charge in [-0.25, -0.2) is 13.4 Å². The molecule has 26 heavy (non-hydrogen) atoms. The minimum atomic E-state index is -3.44. The quantitative estimate of drug-likeness (QED) is 0.611. The molecule has 0 aliphatic rings. The molecule has 3 aromatic rings. The lowest BCUT2D eigenvalue weighted by atomic mass is 10.3. The van der Waals surface area contributed by atoms with Gasteiger partial charge < -0.3 is 5.32 Å². The summed E-state index contributed by atoms with van der Waals surface area (Å²) in [5, 5.41) is 4.24. The Morgan fingerprint density at radius 2 is 1.77 bits per heavy atom. The summed E-state index contributed by atoms with van der Waals surface area (Å²) in [6.07, 6.45) is 0.303. The molecule has 0 bridgehead atoms. The number of benzene rings is 2. The fraction of sp³-hybridized carbons (Fsp3) is 0.176. The van der Waals surface area contributed by atoms with Crippen LogP contribution < -0.4 is 5.32 Å². The molecule has 2 aromatic carbocycles. The maximum atomic E-state index is 12.2. The van der Waals surface area contributed by atoms with E-state index in [-0.39, 0.29) is 29.4 Å². The number of fused-ring (bicyclic) bond motifs is 1. The van der Waals surface area contributed by atoms with Crippen molar-refractivity contribution in [1.82, 2.24) is 4.98 Å². The van der Waals surface area contributed by atoms with E-state index in [2.05, 4.69) is 10.3 Å². The molecule has 0 spiro atoms. The van der Waals surface area contributed by atoms with Crippen molar-refractivity contribution in [3.63, 3.8) is 0 Å². The number of carbonyl (C=O) groups excluding carboxylic acids is 1. The third-order valence-electron chi connectivity index (χ3n) is 3.59. The highest BCUT2D eigenvalue weighted by atomic mass is 35.5. The van der Waals surface area contributed by atoms with Crippen LogP contribution in [0.2, 0.25) is 10.0 Å². The molecule has 0 saturated heterocycles. The number of nitrogens with zero attached hydrogens (tertiary/aromatic N) is 1. The van der Waals surface area contributed by atoms with E-state index in [0.29, 0.717) is 15.2 Å². The molecule has 9 heteroatoms. The van der Waals surface area contributed by atoms with Crippen LogP contribution in [0.15, 0.2) is 47.4 Å². The van der Waals surface area contributed by atoms with Crippen LogP contribution in [0.4, 0.5) is 5.13 Å². The number of hydrogen-bond acceptors (Lipinski definition) is 5. The van der Waals surface area contributed by atoms with E-state index >= 15 is 0 Å². The topological polar surface area (TPSA) is 76.1 Å². The Kier molecular flexibility index (Phi) is 5.82. The first-order valence-electron chi connectivity index (χ1n) is 7.68. The van der Waals surface area contributed by atoms with Gasteiger partial charge in [0.25, 0.3) is 0 Å². The van der Waals surface area contributed by atoms with Gasteiger partial charge in [0.1, 0.15) is 0 Å². The second-order valence-corrected chi connectivity index (χ2v) is 9.57. The Balaban J connectivity index is 1.55. The van der Waals surface area contributed by atoms with E-state index < -0.39 is 9.84 Å². The van der Waals surface area contributed by atoms with Crippen molar-refractivity contribution < 1.29 is 13.2 Å². The van der Waals surface area contributed by atoms with Gasteiger partial charge in [-0.2, -0.15) is 0 Å². The third kappa shape index (κ3) is 4.73. The minimum Gasteiger partial charge on any atom is -0.302 e. The summed E-state index contributed by atoms with van der Waals surface area (Å²) in [6, 6.07) is 11.3. The first kappa shape index (κ1) is 19.1. The molecule has 5 nitrogen and oxygen atoms in total. The van der Waals surface area contributed by atoms with Crippen LogP contribution >= 0.6 is 34.5 Å². The lowest BCUT2D eigenvalue weighted by Crippen LogP contribution is -2.14. The molecule has 0 atom stereocenters. The first-order chi connectivity index (χ1) is 12.3. The molecule has 0 fully saturated rings. The van der Waals surface area contributed by atoms with Crippen LogP contribution in [0.25, 0.3) is 10.2 Å². The maximum absolute atomic E-state index is 12.2. The Hall–Kier alpha value is -1.67. The Morgan fingerprint density at radius 1 is 1.08 bits per heavy atom. The van der Waals surface area contributed by atoms with Crippen LogP contribution in [-0.4, -0.2) is 25.1 Å². The molecular weight excluding hydrogens is 415 g/mol. The van der Waals surface area contributed by atoms with Crippen LogP contribution in [0.1, 0.15) is 12.8 Å². The maximum Gasteiger partial charge on any atom is 0.226 e. The van der Waals surface area contributed by atoms with E-state index in [1.165, 1.54) is 35.6 Å². The number of anilines is 1. The monoisotopic (exact) mass is 428 g/mol. The second-order valence-electron chi connectivity index (χ2n) is 5.56. The summed E-state index contributed by atoms with van der Waals surface area (Å²) in [7, 11) is -3.44. The largest absolute Gasteiger partial charge is 0.302 e. The fourth-order valence-electron chi connectivity index (χ4n) is 2.32. The Morgan fingerprint density at radius 3 is 2.50 bits per heavy atom. The Labute approximate surface area is 164 Å². The molecule has 1 aromatic heterocycles. The zero-order valence-electron chi connectivity index (χ0n) is 13.4. The molecule has 0 saturated carbocycles. The van der Waals surface area contributed by atoms with Gasteiger partial charge in [0.2, 0.25) is 5.91 Å². The number of halogens is 2. The van der Waals surface area contributed by atoms with Crippen molar-refractivity contribution in [2.45, 2.75) is 17.7 Å². The number of thiazole rings is 1. The summed E-state index contributed by atoms with van der Waals surface area (Å²) in [4.78, 5) is 16.5. The normalized spacial score (nSPS) is 11.6. The number of nitrogens with one attached hydrogen (secondary N) is 1. The number of hydrogen-bond donors (Lipinski definition) is 1. The van der Waals surface area contributed by atoms with Crippen molar-refractivity contribution in [2.24, 2.45) is 0 Å². The van der Waals surface area contributed by atoms with Crippen molar-refractivity contribution in [3.05, 3.63) is 52.5 Å². The van der Waals surface area contributed by atoms with Crippen LogP contribution in [0, 0.1) is 0 Å². The van der Waals surface area contributed by atoms with Crippen molar-refractivity contribution in [3.8, 4) is 0 Å². The summed E-state index contributed by atoms with van der Waals surface area (Å²) in [5.41, 5.74) is 0.750. The van der Waals surface area contributed by atoms with Crippen molar-refractivity contribution in [1.29, 1.82) is 0 Å².